The number of rotatable bonds is 5. The number of hydrogen-bond acceptors (Lipinski definition) is 3. The van der Waals surface area contributed by atoms with Crippen LogP contribution in [0.3, 0.4) is 0 Å². The molecule has 1 heterocycles. The fourth-order valence-electron chi connectivity index (χ4n) is 3.53. The molecule has 2 aromatic carbocycles. The van der Waals surface area contributed by atoms with Gasteiger partial charge in [-0.15, -0.1) is 0 Å². The van der Waals surface area contributed by atoms with Gasteiger partial charge in [-0.2, -0.15) is 0 Å². The van der Waals surface area contributed by atoms with Crippen molar-refractivity contribution < 1.29 is 13.2 Å². The van der Waals surface area contributed by atoms with E-state index in [9.17, 15) is 13.2 Å². The maximum Gasteiger partial charge on any atom is 0.228 e. The summed E-state index contributed by atoms with van der Waals surface area (Å²) in [7, 11) is -3.46. The largest absolute Gasteiger partial charge is 0.326 e. The zero-order valence-corrected chi connectivity index (χ0v) is 17.6. The molecule has 0 bridgehead atoms. The molecule has 0 radical (unpaired) electrons. The molecule has 0 aliphatic carbocycles. The minimum Gasteiger partial charge on any atom is -0.326 e. The molecule has 1 aliphatic heterocycles. The molecule has 0 saturated carbocycles. The zero-order chi connectivity index (χ0) is 20.3. The van der Waals surface area contributed by atoms with Gasteiger partial charge in [0, 0.05) is 18.8 Å². The minimum atomic E-state index is -3.46. The van der Waals surface area contributed by atoms with Crippen molar-refractivity contribution >= 4 is 21.6 Å². The normalized spacial score (nSPS) is 18.0. The number of carbonyl (C=O) groups is 1. The quantitative estimate of drug-likeness (QED) is 0.830. The highest BCUT2D eigenvalue weighted by Crippen LogP contribution is 2.24. The van der Waals surface area contributed by atoms with Crippen LogP contribution in [0.25, 0.3) is 0 Å². The van der Waals surface area contributed by atoms with Gasteiger partial charge in [-0.05, 0) is 68.0 Å². The van der Waals surface area contributed by atoms with E-state index in [2.05, 4.69) is 5.32 Å². The van der Waals surface area contributed by atoms with Crippen LogP contribution < -0.4 is 5.32 Å². The summed E-state index contributed by atoms with van der Waals surface area (Å²) in [6.45, 7) is 6.66. The van der Waals surface area contributed by atoms with Crippen molar-refractivity contribution in [3.63, 3.8) is 0 Å². The van der Waals surface area contributed by atoms with Crippen LogP contribution in [0.2, 0.25) is 0 Å². The summed E-state index contributed by atoms with van der Waals surface area (Å²) in [5.41, 5.74) is 4.82. The van der Waals surface area contributed by atoms with Gasteiger partial charge in [-0.3, -0.25) is 4.79 Å². The number of anilines is 1. The molecular formula is C22H28N2O3S. The zero-order valence-electron chi connectivity index (χ0n) is 16.7. The van der Waals surface area contributed by atoms with E-state index < -0.39 is 10.0 Å². The van der Waals surface area contributed by atoms with Crippen LogP contribution in [0.1, 0.15) is 35.1 Å². The number of carbonyl (C=O) groups excluding carboxylic acids is 1. The number of aryl methyl sites for hydroxylation is 3. The third-order valence-electron chi connectivity index (χ3n) is 5.52. The third-order valence-corrected chi connectivity index (χ3v) is 7.32. The van der Waals surface area contributed by atoms with Gasteiger partial charge in [-0.25, -0.2) is 12.7 Å². The van der Waals surface area contributed by atoms with Gasteiger partial charge in [0.1, 0.15) is 0 Å². The third kappa shape index (κ3) is 4.80. The van der Waals surface area contributed by atoms with E-state index >= 15 is 0 Å². The van der Waals surface area contributed by atoms with Gasteiger partial charge in [0.05, 0.1) is 11.7 Å². The Labute approximate surface area is 167 Å². The van der Waals surface area contributed by atoms with E-state index in [1.165, 1.54) is 9.87 Å². The number of hydrogen-bond donors (Lipinski definition) is 1. The van der Waals surface area contributed by atoms with Crippen LogP contribution in [0, 0.1) is 26.7 Å². The molecule has 1 aliphatic rings. The van der Waals surface area contributed by atoms with Crippen molar-refractivity contribution in [3.8, 4) is 0 Å². The van der Waals surface area contributed by atoms with E-state index in [0.29, 0.717) is 19.4 Å². The molecular weight excluding hydrogens is 372 g/mol. The molecule has 1 amide bonds. The van der Waals surface area contributed by atoms with Gasteiger partial charge in [0.2, 0.25) is 15.9 Å². The smallest absolute Gasteiger partial charge is 0.228 e. The highest BCUT2D eigenvalue weighted by Gasteiger charge is 2.32. The lowest BCUT2D eigenvalue weighted by atomic mass is 9.98. The van der Waals surface area contributed by atoms with Crippen molar-refractivity contribution in [1.82, 2.24) is 4.31 Å². The number of nitrogens with one attached hydrogen (secondary N) is 1. The standard InChI is InChI=1S/C22H28N2O3S/c1-16-10-11-21(13-18(16)3)23-22(25)19-9-6-12-24(14-19)28(26,27)15-20-8-5-4-7-17(20)2/h4-5,7-8,10-11,13,19H,6,9,12,14-15H2,1-3H3,(H,23,25). The van der Waals surface area contributed by atoms with E-state index in [1.54, 1.807) is 0 Å². The topological polar surface area (TPSA) is 66.5 Å². The average molecular weight is 401 g/mol. The number of piperidine rings is 1. The molecule has 1 saturated heterocycles. The molecule has 1 fully saturated rings. The number of nitrogens with zero attached hydrogens (tertiary/aromatic N) is 1. The Morgan fingerprint density at radius 1 is 1.07 bits per heavy atom. The minimum absolute atomic E-state index is 0.0226. The first-order valence-corrected chi connectivity index (χ1v) is 11.3. The van der Waals surface area contributed by atoms with Crippen molar-refractivity contribution in [2.45, 2.75) is 39.4 Å². The van der Waals surface area contributed by atoms with Crippen molar-refractivity contribution in [2.24, 2.45) is 5.92 Å². The Morgan fingerprint density at radius 3 is 2.54 bits per heavy atom. The van der Waals surface area contributed by atoms with Gasteiger partial charge in [-0.1, -0.05) is 30.3 Å². The van der Waals surface area contributed by atoms with Crippen molar-refractivity contribution in [2.75, 3.05) is 18.4 Å². The number of sulfonamides is 1. The molecule has 6 heteroatoms. The lowest BCUT2D eigenvalue weighted by molar-refractivity contribution is -0.120. The molecule has 1 N–H and O–H groups in total. The van der Waals surface area contributed by atoms with E-state index in [-0.39, 0.29) is 24.1 Å². The Kier molecular flexibility index (Phi) is 6.20. The van der Waals surface area contributed by atoms with Gasteiger partial charge in [0.25, 0.3) is 0 Å². The van der Waals surface area contributed by atoms with Gasteiger partial charge < -0.3 is 5.32 Å². The second-order valence-corrected chi connectivity index (χ2v) is 9.64. The molecule has 3 rings (SSSR count). The molecule has 1 unspecified atom stereocenters. The van der Waals surface area contributed by atoms with Crippen LogP contribution in [-0.2, 0) is 20.6 Å². The van der Waals surface area contributed by atoms with Gasteiger partial charge in [0.15, 0.2) is 0 Å². The SMILES string of the molecule is Cc1ccc(NC(=O)C2CCCN(S(=O)(=O)Cc3ccccc3C)C2)cc1C. The lowest BCUT2D eigenvalue weighted by Crippen LogP contribution is -2.44. The Bertz CT molecular complexity index is 969. The lowest BCUT2D eigenvalue weighted by Gasteiger charge is -2.31. The molecule has 28 heavy (non-hydrogen) atoms. The molecule has 1 atom stereocenters. The first-order valence-electron chi connectivity index (χ1n) is 9.67. The van der Waals surface area contributed by atoms with E-state index in [0.717, 1.165) is 22.4 Å². The summed E-state index contributed by atoms with van der Waals surface area (Å²) in [6, 6.07) is 13.3. The van der Waals surface area contributed by atoms with E-state index in [1.807, 2.05) is 63.2 Å². The molecule has 0 spiro atoms. The van der Waals surface area contributed by atoms with Crippen LogP contribution in [0.15, 0.2) is 42.5 Å². The highest BCUT2D eigenvalue weighted by atomic mass is 32.2. The molecule has 5 nitrogen and oxygen atoms in total. The fourth-order valence-corrected chi connectivity index (χ4v) is 5.25. The highest BCUT2D eigenvalue weighted by molar-refractivity contribution is 7.88. The van der Waals surface area contributed by atoms with E-state index in [4.69, 9.17) is 0 Å². The second kappa shape index (κ2) is 8.45. The monoisotopic (exact) mass is 400 g/mol. The average Bonchev–Trinajstić information content (AvgIpc) is 2.66. The number of benzene rings is 2. The molecule has 2 aromatic rings. The summed E-state index contributed by atoms with van der Waals surface area (Å²) >= 11 is 0. The summed E-state index contributed by atoms with van der Waals surface area (Å²) in [5, 5.41) is 2.95. The summed E-state index contributed by atoms with van der Waals surface area (Å²) in [6.07, 6.45) is 1.39. The Balaban J connectivity index is 1.68. The fraction of sp³-hybridized carbons (Fsp3) is 0.409. The second-order valence-electron chi connectivity index (χ2n) is 7.67. The molecule has 150 valence electrons. The number of amides is 1. The summed E-state index contributed by atoms with van der Waals surface area (Å²) in [5.74, 6) is -0.466. The predicted octanol–water partition coefficient (Wildman–Crippen LogP) is 3.79. The van der Waals surface area contributed by atoms with Crippen LogP contribution in [0.5, 0.6) is 0 Å². The van der Waals surface area contributed by atoms with Gasteiger partial charge >= 0.3 is 0 Å². The predicted molar refractivity (Wildman–Crippen MR) is 113 cm³/mol. The maximum absolute atomic E-state index is 12.9. The molecule has 0 aromatic heterocycles. The Morgan fingerprint density at radius 2 is 1.82 bits per heavy atom. The summed E-state index contributed by atoms with van der Waals surface area (Å²) in [4.78, 5) is 12.7. The maximum atomic E-state index is 12.9. The van der Waals surface area contributed by atoms with Crippen LogP contribution >= 0.6 is 0 Å². The van der Waals surface area contributed by atoms with Crippen LogP contribution in [0.4, 0.5) is 5.69 Å². The van der Waals surface area contributed by atoms with Crippen molar-refractivity contribution in [3.05, 3.63) is 64.7 Å². The first-order chi connectivity index (χ1) is 13.3. The van der Waals surface area contributed by atoms with Crippen LogP contribution in [-0.4, -0.2) is 31.7 Å². The first kappa shape index (κ1) is 20.6. The van der Waals surface area contributed by atoms with Crippen molar-refractivity contribution in [1.29, 1.82) is 0 Å². The Hall–Kier alpha value is -2.18. The summed E-state index contributed by atoms with van der Waals surface area (Å²) < 4.78 is 27.3.